The number of morpholine rings is 1. The molecule has 3 N–H and O–H groups in total. The number of benzene rings is 1. The highest BCUT2D eigenvalue weighted by atomic mass is 127. The Morgan fingerprint density at radius 1 is 1.33 bits per heavy atom. The van der Waals surface area contributed by atoms with Crippen molar-refractivity contribution in [2.75, 3.05) is 26.3 Å². The average Bonchev–Trinajstić information content (AvgIpc) is 2.87. The maximum absolute atomic E-state index is 6.01. The molecule has 0 radical (unpaired) electrons. The Balaban J connectivity index is 0.00000161. The van der Waals surface area contributed by atoms with Gasteiger partial charge in [-0.1, -0.05) is 15.9 Å². The lowest BCUT2D eigenvalue weighted by atomic mass is 10.2. The van der Waals surface area contributed by atoms with E-state index >= 15 is 0 Å². The molecule has 0 saturated carbocycles. The van der Waals surface area contributed by atoms with Crippen molar-refractivity contribution in [2.24, 2.45) is 10.7 Å². The molecule has 114 valence electrons. The second kappa shape index (κ2) is 7.46. The van der Waals surface area contributed by atoms with Crippen molar-refractivity contribution in [1.29, 1.82) is 0 Å². The van der Waals surface area contributed by atoms with Crippen LogP contribution in [-0.4, -0.2) is 42.1 Å². The van der Waals surface area contributed by atoms with Gasteiger partial charge in [-0.25, -0.2) is 4.99 Å². The number of aromatic nitrogens is 1. The van der Waals surface area contributed by atoms with Crippen LogP contribution < -0.4 is 5.73 Å². The van der Waals surface area contributed by atoms with Gasteiger partial charge in [-0.3, -0.25) is 0 Å². The first kappa shape index (κ1) is 16.6. The fourth-order valence-corrected chi connectivity index (χ4v) is 2.69. The first-order valence-corrected chi connectivity index (χ1v) is 7.41. The number of aliphatic imine (C=N–C) groups is 1. The monoisotopic (exact) mass is 464 g/mol. The zero-order valence-electron chi connectivity index (χ0n) is 11.5. The molecule has 2 aromatic rings. The predicted octanol–water partition coefficient (Wildman–Crippen LogP) is 2.70. The van der Waals surface area contributed by atoms with Gasteiger partial charge < -0.3 is 20.4 Å². The molecule has 1 saturated heterocycles. The van der Waals surface area contributed by atoms with E-state index in [0.29, 0.717) is 12.5 Å². The average molecular weight is 465 g/mol. The third kappa shape index (κ3) is 4.10. The Morgan fingerprint density at radius 3 is 2.86 bits per heavy atom. The molecule has 0 unspecified atom stereocenters. The highest BCUT2D eigenvalue weighted by Gasteiger charge is 2.12. The zero-order chi connectivity index (χ0) is 13.9. The minimum atomic E-state index is 0. The van der Waals surface area contributed by atoms with E-state index in [1.54, 1.807) is 0 Å². The largest absolute Gasteiger partial charge is 0.378 e. The summed E-state index contributed by atoms with van der Waals surface area (Å²) in [6.45, 7) is 3.63. The van der Waals surface area contributed by atoms with Gasteiger partial charge in [0.1, 0.15) is 0 Å². The van der Waals surface area contributed by atoms with Gasteiger partial charge in [0.05, 0.1) is 19.8 Å². The van der Waals surface area contributed by atoms with Gasteiger partial charge in [0.25, 0.3) is 0 Å². The number of nitrogens with zero attached hydrogens (tertiary/aromatic N) is 2. The van der Waals surface area contributed by atoms with Crippen molar-refractivity contribution in [3.8, 4) is 0 Å². The van der Waals surface area contributed by atoms with Crippen LogP contribution in [0.5, 0.6) is 0 Å². The zero-order valence-corrected chi connectivity index (χ0v) is 15.4. The Bertz CT molecular complexity index is 637. The molecule has 0 spiro atoms. The Labute approximate surface area is 149 Å². The van der Waals surface area contributed by atoms with Crippen molar-refractivity contribution in [2.45, 2.75) is 6.54 Å². The Kier molecular flexibility index (Phi) is 5.88. The second-order valence-electron chi connectivity index (χ2n) is 4.80. The normalized spacial score (nSPS) is 16.0. The molecule has 0 bridgehead atoms. The molecule has 21 heavy (non-hydrogen) atoms. The summed E-state index contributed by atoms with van der Waals surface area (Å²) in [6, 6.07) is 8.27. The molecule has 1 fully saturated rings. The van der Waals surface area contributed by atoms with E-state index in [-0.39, 0.29) is 24.0 Å². The third-order valence-corrected chi connectivity index (χ3v) is 3.88. The fraction of sp³-hybridized carbons (Fsp3) is 0.357. The van der Waals surface area contributed by atoms with Crippen LogP contribution in [0.15, 0.2) is 33.7 Å². The van der Waals surface area contributed by atoms with Crippen LogP contribution in [0.4, 0.5) is 0 Å². The summed E-state index contributed by atoms with van der Waals surface area (Å²) in [5.74, 6) is 0.591. The highest BCUT2D eigenvalue weighted by molar-refractivity contribution is 14.0. The fourth-order valence-electron chi connectivity index (χ4n) is 2.31. The van der Waals surface area contributed by atoms with Crippen LogP contribution in [0.2, 0.25) is 0 Å². The summed E-state index contributed by atoms with van der Waals surface area (Å²) in [5, 5.41) is 1.18. The molecule has 2 heterocycles. The van der Waals surface area contributed by atoms with E-state index in [0.717, 1.165) is 42.0 Å². The van der Waals surface area contributed by atoms with Gasteiger partial charge >= 0.3 is 0 Å². The molecule has 5 nitrogen and oxygen atoms in total. The van der Waals surface area contributed by atoms with Crippen LogP contribution in [-0.2, 0) is 11.3 Å². The van der Waals surface area contributed by atoms with Crippen molar-refractivity contribution in [1.82, 2.24) is 9.88 Å². The number of halogens is 2. The Morgan fingerprint density at radius 2 is 2.10 bits per heavy atom. The maximum Gasteiger partial charge on any atom is 0.191 e. The van der Waals surface area contributed by atoms with Gasteiger partial charge in [0, 0.05) is 34.2 Å². The van der Waals surface area contributed by atoms with Gasteiger partial charge in [-0.05, 0) is 24.3 Å². The standard InChI is InChI=1S/C14H17BrN4O.HI/c15-11-1-2-13-10(7-11)8-12(18-13)9-17-14(16)19-3-5-20-6-4-19;/h1-2,7-8,18H,3-6,9H2,(H2,16,17);1H. The van der Waals surface area contributed by atoms with Crippen molar-refractivity contribution in [3.63, 3.8) is 0 Å². The molecule has 7 heteroatoms. The van der Waals surface area contributed by atoms with Crippen LogP contribution in [0.1, 0.15) is 5.69 Å². The predicted molar refractivity (Wildman–Crippen MR) is 99.1 cm³/mol. The van der Waals surface area contributed by atoms with Gasteiger partial charge in [-0.2, -0.15) is 0 Å². The molecule has 1 aromatic heterocycles. The highest BCUT2D eigenvalue weighted by Crippen LogP contribution is 2.20. The third-order valence-electron chi connectivity index (χ3n) is 3.39. The number of nitrogens with two attached hydrogens (primary N) is 1. The molecule has 1 aliphatic heterocycles. The van der Waals surface area contributed by atoms with E-state index in [9.17, 15) is 0 Å². The van der Waals surface area contributed by atoms with Gasteiger partial charge in [0.15, 0.2) is 5.96 Å². The number of rotatable bonds is 2. The summed E-state index contributed by atoms with van der Waals surface area (Å²) >= 11 is 3.48. The number of guanidine groups is 1. The van der Waals surface area contributed by atoms with Gasteiger partial charge in [-0.15, -0.1) is 24.0 Å². The van der Waals surface area contributed by atoms with E-state index < -0.39 is 0 Å². The summed E-state index contributed by atoms with van der Waals surface area (Å²) in [6.07, 6.45) is 0. The lowest BCUT2D eigenvalue weighted by Gasteiger charge is -2.27. The van der Waals surface area contributed by atoms with E-state index in [2.05, 4.69) is 49.0 Å². The Hall–Kier alpha value is -0.800. The van der Waals surface area contributed by atoms with Crippen molar-refractivity contribution in [3.05, 3.63) is 34.4 Å². The number of hydrogen-bond acceptors (Lipinski definition) is 2. The quantitative estimate of drug-likeness (QED) is 0.408. The molecule has 3 rings (SSSR count). The molecular formula is C14H18BrIN4O. The van der Waals surface area contributed by atoms with Crippen LogP contribution in [0.3, 0.4) is 0 Å². The number of fused-ring (bicyclic) bond motifs is 1. The van der Waals surface area contributed by atoms with Crippen molar-refractivity contribution >= 4 is 56.8 Å². The maximum atomic E-state index is 6.01. The van der Waals surface area contributed by atoms with Crippen LogP contribution in [0, 0.1) is 0 Å². The molecule has 0 atom stereocenters. The SMILES string of the molecule is I.NC(=NCc1cc2cc(Br)ccc2[nH]1)N1CCOCC1. The first-order chi connectivity index (χ1) is 9.72. The molecule has 0 amide bonds. The minimum Gasteiger partial charge on any atom is -0.378 e. The topological polar surface area (TPSA) is 66.6 Å². The lowest BCUT2D eigenvalue weighted by Crippen LogP contribution is -2.44. The van der Waals surface area contributed by atoms with Crippen molar-refractivity contribution < 1.29 is 4.74 Å². The number of nitrogens with one attached hydrogen (secondary N) is 1. The molecule has 1 aromatic carbocycles. The summed E-state index contributed by atoms with van der Waals surface area (Å²) in [7, 11) is 0. The summed E-state index contributed by atoms with van der Waals surface area (Å²) in [4.78, 5) is 9.87. The van der Waals surface area contributed by atoms with Crippen LogP contribution in [0.25, 0.3) is 10.9 Å². The second-order valence-corrected chi connectivity index (χ2v) is 5.72. The first-order valence-electron chi connectivity index (χ1n) is 6.62. The summed E-state index contributed by atoms with van der Waals surface area (Å²) in [5.41, 5.74) is 8.19. The van der Waals surface area contributed by atoms with Gasteiger partial charge in [0.2, 0.25) is 0 Å². The van der Waals surface area contributed by atoms with Crippen LogP contribution >= 0.6 is 39.9 Å². The van der Waals surface area contributed by atoms with E-state index in [1.165, 1.54) is 5.39 Å². The number of H-pyrrole nitrogens is 1. The smallest absolute Gasteiger partial charge is 0.191 e. The molecule has 0 aliphatic carbocycles. The number of hydrogen-bond donors (Lipinski definition) is 2. The molecule has 1 aliphatic rings. The summed E-state index contributed by atoms with van der Waals surface area (Å²) < 4.78 is 6.38. The number of aromatic amines is 1. The molecular weight excluding hydrogens is 447 g/mol. The van der Waals surface area contributed by atoms with E-state index in [4.69, 9.17) is 10.5 Å². The lowest BCUT2D eigenvalue weighted by molar-refractivity contribution is 0.0674. The minimum absolute atomic E-state index is 0. The van der Waals surface area contributed by atoms with E-state index in [1.807, 2.05) is 6.07 Å². The number of ether oxygens (including phenoxy) is 1.